The topological polar surface area (TPSA) is 49.6 Å². The van der Waals surface area contributed by atoms with E-state index in [0.717, 1.165) is 58.4 Å². The first-order chi connectivity index (χ1) is 12.0. The lowest BCUT2D eigenvalue weighted by Crippen LogP contribution is -2.45. The Morgan fingerprint density at radius 1 is 1.08 bits per heavy atom. The molecule has 2 aliphatic heterocycles. The number of rotatable bonds is 6. The van der Waals surface area contributed by atoms with Crippen molar-refractivity contribution in [2.45, 2.75) is 45.6 Å². The lowest BCUT2D eigenvalue weighted by Gasteiger charge is -2.38. The number of nitrogens with two attached hydrogens (primary N) is 1. The van der Waals surface area contributed by atoms with Crippen LogP contribution in [0.5, 0.6) is 0 Å². The third-order valence-corrected chi connectivity index (χ3v) is 5.98. The van der Waals surface area contributed by atoms with Gasteiger partial charge in [-0.3, -0.25) is 4.79 Å². The van der Waals surface area contributed by atoms with Crippen LogP contribution in [0.25, 0.3) is 0 Å². The van der Waals surface area contributed by atoms with Crippen LogP contribution < -0.4 is 5.73 Å². The van der Waals surface area contributed by atoms with Crippen LogP contribution in [0.2, 0.25) is 0 Å². The largest absolute Gasteiger partial charge is 0.342 e. The van der Waals surface area contributed by atoms with Crippen molar-refractivity contribution < 1.29 is 4.79 Å². The average Bonchev–Trinajstić information content (AvgIpc) is 2.91. The van der Waals surface area contributed by atoms with E-state index in [1.807, 2.05) is 6.07 Å². The Labute approximate surface area is 152 Å². The zero-order valence-electron chi connectivity index (χ0n) is 15.8. The molecule has 4 heteroatoms. The number of amides is 1. The van der Waals surface area contributed by atoms with Crippen molar-refractivity contribution >= 4 is 5.91 Å². The van der Waals surface area contributed by atoms with Crippen molar-refractivity contribution in [3.8, 4) is 0 Å². The van der Waals surface area contributed by atoms with Crippen LogP contribution in [-0.2, 0) is 4.79 Å². The summed E-state index contributed by atoms with van der Waals surface area (Å²) in [4.78, 5) is 17.5. The Hall–Kier alpha value is -1.39. The van der Waals surface area contributed by atoms with Crippen molar-refractivity contribution in [1.82, 2.24) is 9.80 Å². The number of nitrogens with zero attached hydrogens (tertiary/aromatic N) is 2. The lowest BCUT2D eigenvalue weighted by atomic mass is 9.77. The molecule has 0 saturated carbocycles. The predicted octanol–water partition coefficient (Wildman–Crippen LogP) is 3.05. The van der Waals surface area contributed by atoms with Gasteiger partial charge in [-0.1, -0.05) is 44.2 Å². The molecule has 2 aliphatic rings. The Balaban J connectivity index is 1.47. The molecule has 1 atom stereocenters. The van der Waals surface area contributed by atoms with Crippen molar-refractivity contribution in [1.29, 1.82) is 0 Å². The van der Waals surface area contributed by atoms with Gasteiger partial charge < -0.3 is 15.5 Å². The van der Waals surface area contributed by atoms with Crippen LogP contribution in [0.4, 0.5) is 0 Å². The summed E-state index contributed by atoms with van der Waals surface area (Å²) >= 11 is 0. The summed E-state index contributed by atoms with van der Waals surface area (Å²) in [6.07, 6.45) is 4.06. The Morgan fingerprint density at radius 2 is 1.72 bits per heavy atom. The fourth-order valence-corrected chi connectivity index (χ4v) is 4.36. The Kier molecular flexibility index (Phi) is 5.80. The van der Waals surface area contributed by atoms with Crippen LogP contribution in [0.3, 0.4) is 0 Å². The molecular formula is C21H33N3O. The van der Waals surface area contributed by atoms with Crippen LogP contribution in [-0.4, -0.2) is 48.4 Å². The third-order valence-electron chi connectivity index (χ3n) is 5.98. The van der Waals surface area contributed by atoms with E-state index in [1.165, 1.54) is 5.56 Å². The van der Waals surface area contributed by atoms with E-state index in [2.05, 4.69) is 47.9 Å². The zero-order valence-corrected chi connectivity index (χ0v) is 15.8. The van der Waals surface area contributed by atoms with Gasteiger partial charge in [0.1, 0.15) is 0 Å². The molecule has 4 nitrogen and oxygen atoms in total. The summed E-state index contributed by atoms with van der Waals surface area (Å²) in [5.74, 6) is 0.973. The van der Waals surface area contributed by atoms with Gasteiger partial charge in [-0.2, -0.15) is 0 Å². The Morgan fingerprint density at radius 3 is 2.36 bits per heavy atom. The van der Waals surface area contributed by atoms with E-state index in [9.17, 15) is 4.79 Å². The highest BCUT2D eigenvalue weighted by atomic mass is 16.2. The molecule has 2 heterocycles. The van der Waals surface area contributed by atoms with Crippen molar-refractivity contribution in [2.75, 3.05) is 32.7 Å². The zero-order chi connectivity index (χ0) is 17.9. The summed E-state index contributed by atoms with van der Waals surface area (Å²) in [5.41, 5.74) is 7.48. The molecular weight excluding hydrogens is 310 g/mol. The second-order valence-corrected chi connectivity index (χ2v) is 8.32. The highest BCUT2D eigenvalue weighted by Crippen LogP contribution is 2.41. The first-order valence-electron chi connectivity index (χ1n) is 9.82. The molecule has 25 heavy (non-hydrogen) atoms. The lowest BCUT2D eigenvalue weighted by molar-refractivity contribution is -0.138. The predicted molar refractivity (Wildman–Crippen MR) is 102 cm³/mol. The van der Waals surface area contributed by atoms with Crippen LogP contribution in [0.1, 0.15) is 51.1 Å². The fraction of sp³-hybridized carbons (Fsp3) is 0.667. The summed E-state index contributed by atoms with van der Waals surface area (Å²) in [6.45, 7) is 9.33. The third kappa shape index (κ3) is 4.24. The van der Waals surface area contributed by atoms with E-state index in [4.69, 9.17) is 5.73 Å². The normalized spacial score (nSPS) is 22.1. The molecule has 1 aromatic rings. The second kappa shape index (κ2) is 7.88. The molecule has 1 amide bonds. The van der Waals surface area contributed by atoms with Gasteiger partial charge in [-0.05, 0) is 56.8 Å². The first kappa shape index (κ1) is 18.4. The van der Waals surface area contributed by atoms with Gasteiger partial charge in [-0.25, -0.2) is 0 Å². The van der Waals surface area contributed by atoms with Gasteiger partial charge in [0.05, 0.1) is 5.41 Å². The van der Waals surface area contributed by atoms with E-state index in [0.29, 0.717) is 11.8 Å². The molecule has 0 radical (unpaired) electrons. The molecule has 1 aromatic carbocycles. The summed E-state index contributed by atoms with van der Waals surface area (Å²) in [6, 6.07) is 10.4. The number of benzene rings is 1. The van der Waals surface area contributed by atoms with Gasteiger partial charge in [0.2, 0.25) is 5.91 Å². The van der Waals surface area contributed by atoms with Crippen LogP contribution in [0, 0.1) is 11.3 Å². The van der Waals surface area contributed by atoms with Gasteiger partial charge in [0.15, 0.2) is 0 Å². The van der Waals surface area contributed by atoms with E-state index in [-0.39, 0.29) is 11.5 Å². The smallest absolute Gasteiger partial charge is 0.228 e. The highest BCUT2D eigenvalue weighted by Gasteiger charge is 2.47. The Bertz CT molecular complexity index is 564. The summed E-state index contributed by atoms with van der Waals surface area (Å²) in [7, 11) is 0. The molecule has 138 valence electrons. The van der Waals surface area contributed by atoms with Gasteiger partial charge in [-0.15, -0.1) is 0 Å². The molecule has 0 aromatic heterocycles. The fourth-order valence-electron chi connectivity index (χ4n) is 4.36. The SMILES string of the molecule is CC(C)CN1CCC2(CCN(CC[C@H](N)c3ccccc3)CC2)C1=O. The maximum atomic E-state index is 12.9. The highest BCUT2D eigenvalue weighted by molar-refractivity contribution is 5.85. The number of piperidine rings is 1. The van der Waals surface area contributed by atoms with Crippen molar-refractivity contribution in [3.05, 3.63) is 35.9 Å². The molecule has 0 aliphatic carbocycles. The maximum Gasteiger partial charge on any atom is 0.228 e. The minimum absolute atomic E-state index is 0.0626. The molecule has 1 spiro atoms. The first-order valence-corrected chi connectivity index (χ1v) is 9.82. The number of carbonyl (C=O) groups is 1. The van der Waals surface area contributed by atoms with Crippen LogP contribution >= 0.6 is 0 Å². The molecule has 2 N–H and O–H groups in total. The minimum Gasteiger partial charge on any atom is -0.342 e. The molecule has 2 saturated heterocycles. The minimum atomic E-state index is -0.0626. The number of carbonyl (C=O) groups excluding carboxylic acids is 1. The van der Waals surface area contributed by atoms with E-state index >= 15 is 0 Å². The summed E-state index contributed by atoms with van der Waals surface area (Å²) in [5, 5.41) is 0. The van der Waals surface area contributed by atoms with Gasteiger partial charge in [0, 0.05) is 19.1 Å². The molecule has 0 bridgehead atoms. The van der Waals surface area contributed by atoms with Gasteiger partial charge in [0.25, 0.3) is 0 Å². The molecule has 0 unspecified atom stereocenters. The summed E-state index contributed by atoms with van der Waals surface area (Å²) < 4.78 is 0. The quantitative estimate of drug-likeness (QED) is 0.864. The number of likely N-dealkylation sites (tertiary alicyclic amines) is 2. The molecule has 2 fully saturated rings. The standard InChI is InChI=1S/C21H33N3O/c1-17(2)16-24-15-11-21(20(24)25)9-13-23(14-10-21)12-8-19(22)18-6-4-3-5-7-18/h3-7,17,19H,8-16,22H2,1-2H3/t19-/m0/s1. The van der Waals surface area contributed by atoms with Crippen molar-refractivity contribution in [2.24, 2.45) is 17.1 Å². The monoisotopic (exact) mass is 343 g/mol. The molecule has 3 rings (SSSR count). The van der Waals surface area contributed by atoms with E-state index < -0.39 is 0 Å². The second-order valence-electron chi connectivity index (χ2n) is 8.32. The number of hydrogen-bond acceptors (Lipinski definition) is 3. The van der Waals surface area contributed by atoms with E-state index in [1.54, 1.807) is 0 Å². The van der Waals surface area contributed by atoms with Crippen molar-refractivity contribution in [3.63, 3.8) is 0 Å². The van der Waals surface area contributed by atoms with Crippen LogP contribution in [0.15, 0.2) is 30.3 Å². The number of hydrogen-bond donors (Lipinski definition) is 1. The average molecular weight is 344 g/mol. The maximum absolute atomic E-state index is 12.9. The van der Waals surface area contributed by atoms with Gasteiger partial charge >= 0.3 is 0 Å².